The fourth-order valence-electron chi connectivity index (χ4n) is 2.33. The van der Waals surface area contributed by atoms with Crippen LogP contribution >= 0.6 is 23.1 Å². The standard InChI is InChI=1S/C18H19N3O2S2/c1-12-20-17(24-11-16(22)19-8-9-23-2)14-10-15(25-18(14)21-12)13-6-4-3-5-7-13/h3-7,10H,8-9,11H2,1-2H3,(H,19,22). The van der Waals surface area contributed by atoms with Crippen molar-refractivity contribution in [2.45, 2.75) is 11.9 Å². The predicted octanol–water partition coefficient (Wildman–Crippen LogP) is 3.52. The lowest BCUT2D eigenvalue weighted by molar-refractivity contribution is -0.118. The Bertz CT molecular complexity index is 865. The number of thiophene rings is 1. The van der Waals surface area contributed by atoms with Gasteiger partial charge in [0.1, 0.15) is 15.7 Å². The first-order valence-corrected chi connectivity index (χ1v) is 9.69. The number of rotatable bonds is 7. The lowest BCUT2D eigenvalue weighted by Gasteiger charge is -2.05. The minimum absolute atomic E-state index is 0.0232. The van der Waals surface area contributed by atoms with Crippen molar-refractivity contribution in [3.63, 3.8) is 0 Å². The van der Waals surface area contributed by atoms with Gasteiger partial charge in [0, 0.05) is 23.9 Å². The van der Waals surface area contributed by atoms with Crippen molar-refractivity contribution in [3.8, 4) is 10.4 Å². The number of methoxy groups -OCH3 is 1. The molecule has 1 N–H and O–H groups in total. The molecule has 0 unspecified atom stereocenters. The molecule has 0 spiro atoms. The number of carbonyl (C=O) groups is 1. The summed E-state index contributed by atoms with van der Waals surface area (Å²) in [6, 6.07) is 12.3. The fraction of sp³-hybridized carbons (Fsp3) is 0.278. The summed E-state index contributed by atoms with van der Waals surface area (Å²) in [4.78, 5) is 23.1. The Hall–Kier alpha value is -1.96. The number of benzene rings is 1. The van der Waals surface area contributed by atoms with E-state index in [9.17, 15) is 4.79 Å². The molecule has 0 aliphatic heterocycles. The van der Waals surface area contributed by atoms with Crippen LogP contribution in [0.25, 0.3) is 20.7 Å². The molecule has 3 rings (SSSR count). The SMILES string of the molecule is COCCNC(=O)CSc1nc(C)nc2sc(-c3ccccc3)cc12. The molecule has 0 radical (unpaired) electrons. The molecule has 7 heteroatoms. The van der Waals surface area contributed by atoms with Crippen LogP contribution in [0.1, 0.15) is 5.82 Å². The van der Waals surface area contributed by atoms with Gasteiger partial charge in [0.15, 0.2) is 0 Å². The number of aryl methyl sites for hydroxylation is 1. The van der Waals surface area contributed by atoms with Gasteiger partial charge in [-0.1, -0.05) is 42.1 Å². The van der Waals surface area contributed by atoms with E-state index in [1.807, 2.05) is 25.1 Å². The van der Waals surface area contributed by atoms with Crippen molar-refractivity contribution in [3.05, 3.63) is 42.2 Å². The Morgan fingerprint density at radius 2 is 2.08 bits per heavy atom. The average molecular weight is 374 g/mol. The maximum Gasteiger partial charge on any atom is 0.230 e. The molecule has 25 heavy (non-hydrogen) atoms. The average Bonchev–Trinajstić information content (AvgIpc) is 3.04. The second-order valence-electron chi connectivity index (χ2n) is 5.40. The van der Waals surface area contributed by atoms with E-state index >= 15 is 0 Å². The smallest absolute Gasteiger partial charge is 0.230 e. The highest BCUT2D eigenvalue weighted by atomic mass is 32.2. The normalized spacial score (nSPS) is 11.0. The lowest BCUT2D eigenvalue weighted by atomic mass is 10.2. The molecule has 1 amide bonds. The van der Waals surface area contributed by atoms with Crippen molar-refractivity contribution in [1.82, 2.24) is 15.3 Å². The summed E-state index contributed by atoms with van der Waals surface area (Å²) in [5, 5.41) is 4.68. The first-order chi connectivity index (χ1) is 12.2. The summed E-state index contributed by atoms with van der Waals surface area (Å²) in [6.07, 6.45) is 0. The van der Waals surface area contributed by atoms with Crippen LogP contribution in [-0.4, -0.2) is 41.9 Å². The summed E-state index contributed by atoms with van der Waals surface area (Å²) >= 11 is 3.09. The van der Waals surface area contributed by atoms with Crippen molar-refractivity contribution in [2.24, 2.45) is 0 Å². The van der Waals surface area contributed by atoms with Gasteiger partial charge in [-0.3, -0.25) is 4.79 Å². The summed E-state index contributed by atoms with van der Waals surface area (Å²) in [5.74, 6) is 1.02. The molecule has 3 aromatic rings. The number of carbonyl (C=O) groups excluding carboxylic acids is 1. The minimum Gasteiger partial charge on any atom is -0.383 e. The third kappa shape index (κ3) is 4.56. The van der Waals surface area contributed by atoms with Crippen molar-refractivity contribution in [2.75, 3.05) is 26.0 Å². The van der Waals surface area contributed by atoms with E-state index in [2.05, 4.69) is 33.5 Å². The number of hydrogen-bond donors (Lipinski definition) is 1. The second kappa shape index (κ2) is 8.42. The van der Waals surface area contributed by atoms with Crippen LogP contribution in [0.4, 0.5) is 0 Å². The van der Waals surface area contributed by atoms with Crippen LogP contribution < -0.4 is 5.32 Å². The molecule has 2 heterocycles. The molecule has 130 valence electrons. The summed E-state index contributed by atoms with van der Waals surface area (Å²) in [5.41, 5.74) is 1.16. The van der Waals surface area contributed by atoms with Crippen LogP contribution in [0.2, 0.25) is 0 Å². The molecular weight excluding hydrogens is 354 g/mol. The van der Waals surface area contributed by atoms with Crippen molar-refractivity contribution >= 4 is 39.2 Å². The highest BCUT2D eigenvalue weighted by Gasteiger charge is 2.13. The quantitative estimate of drug-likeness (QED) is 0.390. The third-order valence-electron chi connectivity index (χ3n) is 3.50. The van der Waals surface area contributed by atoms with Crippen molar-refractivity contribution < 1.29 is 9.53 Å². The van der Waals surface area contributed by atoms with Gasteiger partial charge < -0.3 is 10.1 Å². The molecule has 0 saturated carbocycles. The number of nitrogens with one attached hydrogen (secondary N) is 1. The minimum atomic E-state index is -0.0232. The zero-order chi connectivity index (χ0) is 17.6. The van der Waals surface area contributed by atoms with Gasteiger partial charge in [0.05, 0.1) is 12.4 Å². The molecule has 0 bridgehead atoms. The monoisotopic (exact) mass is 373 g/mol. The molecule has 0 atom stereocenters. The Balaban J connectivity index is 1.80. The van der Waals surface area contributed by atoms with E-state index in [1.54, 1.807) is 18.4 Å². The first-order valence-electron chi connectivity index (χ1n) is 7.89. The Kier molecular flexibility index (Phi) is 6.01. The predicted molar refractivity (Wildman–Crippen MR) is 103 cm³/mol. The zero-order valence-electron chi connectivity index (χ0n) is 14.1. The van der Waals surface area contributed by atoms with Crippen LogP contribution in [0.5, 0.6) is 0 Å². The number of nitrogens with zero attached hydrogens (tertiary/aromatic N) is 2. The van der Waals surface area contributed by atoms with Gasteiger partial charge in [0.25, 0.3) is 0 Å². The molecule has 5 nitrogen and oxygen atoms in total. The number of amides is 1. The third-order valence-corrected chi connectivity index (χ3v) is 5.57. The molecule has 0 aliphatic rings. The van der Waals surface area contributed by atoms with Gasteiger partial charge in [-0.2, -0.15) is 0 Å². The lowest BCUT2D eigenvalue weighted by Crippen LogP contribution is -2.28. The Labute approximate surface area is 154 Å². The highest BCUT2D eigenvalue weighted by Crippen LogP contribution is 2.36. The molecular formula is C18H19N3O2S2. The molecule has 1 aromatic carbocycles. The zero-order valence-corrected chi connectivity index (χ0v) is 15.7. The highest BCUT2D eigenvalue weighted by molar-refractivity contribution is 8.00. The van der Waals surface area contributed by atoms with Crippen LogP contribution in [0.15, 0.2) is 41.4 Å². The van der Waals surface area contributed by atoms with E-state index in [0.717, 1.165) is 31.5 Å². The van der Waals surface area contributed by atoms with E-state index in [-0.39, 0.29) is 5.91 Å². The second-order valence-corrected chi connectivity index (χ2v) is 7.40. The van der Waals surface area contributed by atoms with E-state index in [0.29, 0.717) is 18.9 Å². The van der Waals surface area contributed by atoms with Crippen molar-refractivity contribution in [1.29, 1.82) is 0 Å². The number of hydrogen-bond acceptors (Lipinski definition) is 6. The van der Waals surface area contributed by atoms with E-state index in [4.69, 9.17) is 4.74 Å². The number of ether oxygens (including phenoxy) is 1. The van der Waals surface area contributed by atoms with Gasteiger partial charge in [-0.05, 0) is 18.6 Å². The van der Waals surface area contributed by atoms with Crippen LogP contribution in [0, 0.1) is 6.92 Å². The summed E-state index contributed by atoms with van der Waals surface area (Å²) in [6.45, 7) is 2.91. The number of thioether (sulfide) groups is 1. The van der Waals surface area contributed by atoms with Crippen LogP contribution in [0.3, 0.4) is 0 Å². The van der Waals surface area contributed by atoms with Gasteiger partial charge in [-0.15, -0.1) is 11.3 Å². The fourth-order valence-corrected chi connectivity index (χ4v) is 4.35. The van der Waals surface area contributed by atoms with Gasteiger partial charge in [-0.25, -0.2) is 9.97 Å². The van der Waals surface area contributed by atoms with E-state index in [1.165, 1.54) is 11.8 Å². The molecule has 0 aliphatic carbocycles. The molecule has 0 saturated heterocycles. The first kappa shape index (κ1) is 17.8. The van der Waals surface area contributed by atoms with Gasteiger partial charge in [0.2, 0.25) is 5.91 Å². The topological polar surface area (TPSA) is 64.1 Å². The Morgan fingerprint density at radius 1 is 1.28 bits per heavy atom. The maximum atomic E-state index is 11.9. The van der Waals surface area contributed by atoms with E-state index < -0.39 is 0 Å². The summed E-state index contributed by atoms with van der Waals surface area (Å²) in [7, 11) is 1.61. The number of aromatic nitrogens is 2. The molecule has 2 aromatic heterocycles. The number of fused-ring (bicyclic) bond motifs is 1. The Morgan fingerprint density at radius 3 is 2.84 bits per heavy atom. The molecule has 0 fully saturated rings. The maximum absolute atomic E-state index is 11.9. The summed E-state index contributed by atoms with van der Waals surface area (Å²) < 4.78 is 4.93. The largest absolute Gasteiger partial charge is 0.383 e. The van der Waals surface area contributed by atoms with Crippen LogP contribution in [-0.2, 0) is 9.53 Å². The van der Waals surface area contributed by atoms with Gasteiger partial charge >= 0.3 is 0 Å².